The van der Waals surface area contributed by atoms with E-state index in [-0.39, 0.29) is 11.7 Å². The molecular weight excluding hydrogens is 380 g/mol. The van der Waals surface area contributed by atoms with Crippen LogP contribution in [-0.4, -0.2) is 46.2 Å². The van der Waals surface area contributed by atoms with E-state index in [1.54, 1.807) is 36.5 Å². The summed E-state index contributed by atoms with van der Waals surface area (Å²) < 4.78 is 0. The summed E-state index contributed by atoms with van der Waals surface area (Å²) in [6, 6.07) is 6.80. The number of nitrogens with zero attached hydrogens (tertiary/aromatic N) is 1. The molecule has 7 N–H and O–H groups in total. The van der Waals surface area contributed by atoms with Crippen LogP contribution in [0, 0.1) is 0 Å². The fourth-order valence-electron chi connectivity index (χ4n) is 2.59. The maximum atomic E-state index is 10.8. The van der Waals surface area contributed by atoms with Crippen LogP contribution in [0.4, 0.5) is 5.82 Å². The van der Waals surface area contributed by atoms with Gasteiger partial charge < -0.3 is 31.6 Å². The van der Waals surface area contributed by atoms with Crippen LogP contribution in [-0.2, 0) is 4.79 Å². The van der Waals surface area contributed by atoms with Gasteiger partial charge in [0.15, 0.2) is 0 Å². The third kappa shape index (κ3) is 6.37. The van der Waals surface area contributed by atoms with E-state index in [1.165, 1.54) is 6.08 Å². The standard InChI is InChI=1S/C12H12ClN3O.C7H11NO.CH4O/c13-9-6-16-12(15)8(9)5-10(14)7-3-1-2-4-11(7)17;1-2-7(9)8-5-3-4-6-8;1-2/h1-6,16-17H,14-15H2;2H,1,3-6H2;2H,1H3/b10-5-;;. The molecule has 152 valence electrons. The number of halogens is 1. The number of nitrogens with two attached hydrogens (primary N) is 2. The fraction of sp³-hybridized carbons (Fsp3) is 0.250. The number of amides is 1. The first-order valence-corrected chi connectivity index (χ1v) is 9.05. The molecule has 0 bridgehead atoms. The summed E-state index contributed by atoms with van der Waals surface area (Å²) in [7, 11) is 1.00. The topological polar surface area (TPSA) is 129 Å². The van der Waals surface area contributed by atoms with Crippen molar-refractivity contribution in [2.45, 2.75) is 12.8 Å². The molecule has 2 heterocycles. The second-order valence-corrected chi connectivity index (χ2v) is 6.22. The van der Waals surface area contributed by atoms with Gasteiger partial charge in [0.2, 0.25) is 5.91 Å². The first kappa shape index (κ1) is 23.1. The quantitative estimate of drug-likeness (QED) is 0.500. The number of hydrogen-bond acceptors (Lipinski definition) is 5. The molecule has 1 fully saturated rings. The average Bonchev–Trinajstić information content (AvgIpc) is 3.36. The molecule has 0 spiro atoms. The van der Waals surface area contributed by atoms with Crippen molar-refractivity contribution >= 4 is 35.1 Å². The highest BCUT2D eigenvalue weighted by Crippen LogP contribution is 2.28. The van der Waals surface area contributed by atoms with Crippen molar-refractivity contribution in [3.63, 3.8) is 0 Å². The number of carbonyl (C=O) groups is 1. The molecule has 0 radical (unpaired) electrons. The summed E-state index contributed by atoms with van der Waals surface area (Å²) in [6.07, 6.45) is 6.90. The van der Waals surface area contributed by atoms with Crippen molar-refractivity contribution in [2.24, 2.45) is 5.73 Å². The fourth-order valence-corrected chi connectivity index (χ4v) is 2.80. The van der Waals surface area contributed by atoms with E-state index in [0.717, 1.165) is 33.0 Å². The molecule has 1 aromatic heterocycles. The van der Waals surface area contributed by atoms with Crippen LogP contribution in [0.3, 0.4) is 0 Å². The van der Waals surface area contributed by atoms with Gasteiger partial charge in [0.25, 0.3) is 0 Å². The van der Waals surface area contributed by atoms with Gasteiger partial charge in [0.05, 0.1) is 5.02 Å². The second-order valence-electron chi connectivity index (χ2n) is 5.82. The molecule has 0 aliphatic carbocycles. The number of aromatic nitrogens is 1. The van der Waals surface area contributed by atoms with Crippen LogP contribution < -0.4 is 11.5 Å². The number of anilines is 1. The highest BCUT2D eigenvalue weighted by molar-refractivity contribution is 6.32. The van der Waals surface area contributed by atoms with Crippen LogP contribution in [0.25, 0.3) is 11.8 Å². The Morgan fingerprint density at radius 3 is 2.39 bits per heavy atom. The summed E-state index contributed by atoms with van der Waals surface area (Å²) in [4.78, 5) is 15.4. The van der Waals surface area contributed by atoms with Crippen LogP contribution in [0.15, 0.2) is 43.1 Å². The Bertz CT molecular complexity index is 792. The minimum absolute atomic E-state index is 0.0764. The van der Waals surface area contributed by atoms with Gasteiger partial charge in [-0.2, -0.15) is 0 Å². The number of para-hydroxylation sites is 1. The van der Waals surface area contributed by atoms with Crippen LogP contribution in [0.1, 0.15) is 24.0 Å². The van der Waals surface area contributed by atoms with E-state index in [0.29, 0.717) is 27.7 Å². The molecule has 1 aromatic carbocycles. The van der Waals surface area contributed by atoms with Gasteiger partial charge in [-0.25, -0.2) is 0 Å². The number of aromatic amines is 1. The first-order valence-electron chi connectivity index (χ1n) is 8.68. The van der Waals surface area contributed by atoms with Gasteiger partial charge in [-0.15, -0.1) is 0 Å². The summed E-state index contributed by atoms with van der Waals surface area (Å²) in [5, 5.41) is 17.1. The number of likely N-dealkylation sites (tertiary alicyclic amines) is 1. The Kier molecular flexibility index (Phi) is 9.70. The number of hydrogen-bond donors (Lipinski definition) is 5. The molecule has 1 aliphatic heterocycles. The summed E-state index contributed by atoms with van der Waals surface area (Å²) in [5.74, 6) is 0.632. The first-order chi connectivity index (χ1) is 13.4. The lowest BCUT2D eigenvalue weighted by Crippen LogP contribution is -2.25. The molecule has 3 rings (SSSR count). The highest BCUT2D eigenvalue weighted by Gasteiger charge is 2.14. The van der Waals surface area contributed by atoms with Crippen molar-refractivity contribution in [1.29, 1.82) is 0 Å². The van der Waals surface area contributed by atoms with Crippen LogP contribution >= 0.6 is 11.6 Å². The average molecular weight is 407 g/mol. The molecule has 1 aliphatic rings. The molecule has 1 amide bonds. The van der Waals surface area contributed by atoms with Gasteiger partial charge >= 0.3 is 0 Å². The number of aromatic hydroxyl groups is 1. The van der Waals surface area contributed by atoms with E-state index in [2.05, 4.69) is 11.6 Å². The second kappa shape index (κ2) is 11.7. The maximum absolute atomic E-state index is 10.8. The molecule has 0 unspecified atom stereocenters. The summed E-state index contributed by atoms with van der Waals surface area (Å²) in [5.41, 5.74) is 13.2. The van der Waals surface area contributed by atoms with E-state index in [1.807, 2.05) is 4.90 Å². The summed E-state index contributed by atoms with van der Waals surface area (Å²) >= 11 is 5.94. The number of nitrogens with one attached hydrogen (secondary N) is 1. The lowest BCUT2D eigenvalue weighted by Gasteiger charge is -2.10. The Labute approximate surface area is 169 Å². The Morgan fingerprint density at radius 1 is 1.29 bits per heavy atom. The lowest BCUT2D eigenvalue weighted by molar-refractivity contribution is -0.124. The predicted molar refractivity (Wildman–Crippen MR) is 115 cm³/mol. The Balaban J connectivity index is 0.000000301. The van der Waals surface area contributed by atoms with E-state index in [4.69, 9.17) is 28.2 Å². The number of carbonyl (C=O) groups excluding carboxylic acids is 1. The SMILES string of the molecule is C=CC(=O)N1CCCC1.CO.N/C(=C\c1c(Cl)c[nH]c1N)c1ccccc1O. The Morgan fingerprint density at radius 2 is 1.89 bits per heavy atom. The van der Waals surface area contributed by atoms with E-state index >= 15 is 0 Å². The van der Waals surface area contributed by atoms with Crippen molar-refractivity contribution in [3.05, 3.63) is 59.3 Å². The number of nitrogen functional groups attached to an aromatic ring is 1. The smallest absolute Gasteiger partial charge is 0.245 e. The van der Waals surface area contributed by atoms with Crippen molar-refractivity contribution < 1.29 is 15.0 Å². The van der Waals surface area contributed by atoms with Gasteiger partial charge in [-0.3, -0.25) is 4.79 Å². The minimum Gasteiger partial charge on any atom is -0.507 e. The zero-order valence-corrected chi connectivity index (χ0v) is 16.6. The maximum Gasteiger partial charge on any atom is 0.245 e. The molecule has 28 heavy (non-hydrogen) atoms. The molecule has 0 atom stereocenters. The number of phenols is 1. The summed E-state index contributed by atoms with van der Waals surface area (Å²) in [6.45, 7) is 5.26. The molecule has 1 saturated heterocycles. The van der Waals surface area contributed by atoms with Gasteiger partial charge in [-0.05, 0) is 37.1 Å². The molecule has 2 aromatic rings. The lowest BCUT2D eigenvalue weighted by atomic mass is 10.1. The van der Waals surface area contributed by atoms with E-state index < -0.39 is 0 Å². The largest absolute Gasteiger partial charge is 0.507 e. The van der Waals surface area contributed by atoms with Gasteiger partial charge in [0, 0.05) is 43.2 Å². The zero-order chi connectivity index (χ0) is 21.1. The van der Waals surface area contributed by atoms with Gasteiger partial charge in [-0.1, -0.05) is 30.3 Å². The number of H-pyrrole nitrogens is 1. The Hall–Kier alpha value is -2.90. The van der Waals surface area contributed by atoms with Gasteiger partial charge in [0.1, 0.15) is 11.6 Å². The monoisotopic (exact) mass is 406 g/mol. The molecule has 7 nitrogen and oxygen atoms in total. The third-order valence-corrected chi connectivity index (χ3v) is 4.32. The minimum atomic E-state index is 0.0764. The number of aliphatic hydroxyl groups is 1. The molecule has 0 saturated carbocycles. The molecule has 8 heteroatoms. The predicted octanol–water partition coefficient (Wildman–Crippen LogP) is 2.82. The normalized spacial score (nSPS) is 13.1. The molecular formula is C20H27ClN4O3. The number of rotatable bonds is 3. The van der Waals surface area contributed by atoms with Crippen molar-refractivity contribution in [3.8, 4) is 5.75 Å². The third-order valence-electron chi connectivity index (χ3n) is 4.01. The van der Waals surface area contributed by atoms with Crippen LogP contribution in [0.2, 0.25) is 5.02 Å². The highest BCUT2D eigenvalue weighted by atomic mass is 35.5. The van der Waals surface area contributed by atoms with E-state index in [9.17, 15) is 9.90 Å². The number of phenolic OH excluding ortho intramolecular Hbond substituents is 1. The van der Waals surface area contributed by atoms with Crippen molar-refractivity contribution in [1.82, 2.24) is 9.88 Å². The number of aliphatic hydroxyl groups excluding tert-OH is 1. The zero-order valence-electron chi connectivity index (χ0n) is 15.9. The van der Waals surface area contributed by atoms with Crippen LogP contribution in [0.5, 0.6) is 5.75 Å². The number of benzene rings is 1. The van der Waals surface area contributed by atoms with Crippen molar-refractivity contribution in [2.75, 3.05) is 25.9 Å².